The Hall–Kier alpha value is -1.40. The third-order valence-electron chi connectivity index (χ3n) is 2.54. The van der Waals surface area contributed by atoms with Crippen molar-refractivity contribution in [2.75, 3.05) is 11.1 Å². The van der Waals surface area contributed by atoms with Gasteiger partial charge in [-0.05, 0) is 24.3 Å². The number of halogens is 2. The number of nitrogen functional groups attached to an aromatic ring is 1. The van der Waals surface area contributed by atoms with Crippen LogP contribution in [0, 0.1) is 5.82 Å². The molecule has 1 aromatic heterocycles. The molecule has 0 aliphatic heterocycles. The molecule has 2 rings (SSSR count). The standard InChI is InChI=1S/C13H12BrFN2OS/c1-7(18)13-11(16)5-12(19-13)17-6-8-4-9(14)2-3-10(8)15/h2-5,17H,6,16H2,1H3. The summed E-state index contributed by atoms with van der Waals surface area (Å²) in [6, 6.07) is 6.46. The number of nitrogens with two attached hydrogens (primary N) is 1. The Labute approximate surface area is 122 Å². The van der Waals surface area contributed by atoms with Crippen molar-refractivity contribution in [3.63, 3.8) is 0 Å². The van der Waals surface area contributed by atoms with Crippen molar-refractivity contribution >= 4 is 43.7 Å². The summed E-state index contributed by atoms with van der Waals surface area (Å²) in [6.45, 7) is 1.81. The lowest BCUT2D eigenvalue weighted by Gasteiger charge is -2.05. The Morgan fingerprint density at radius 3 is 2.84 bits per heavy atom. The molecule has 0 spiro atoms. The second kappa shape index (κ2) is 5.71. The normalized spacial score (nSPS) is 10.5. The number of hydrogen-bond acceptors (Lipinski definition) is 4. The molecule has 19 heavy (non-hydrogen) atoms. The van der Waals surface area contributed by atoms with E-state index in [4.69, 9.17) is 5.73 Å². The van der Waals surface area contributed by atoms with Gasteiger partial charge in [-0.1, -0.05) is 15.9 Å². The zero-order chi connectivity index (χ0) is 14.0. The van der Waals surface area contributed by atoms with E-state index in [0.29, 0.717) is 22.7 Å². The number of ketones is 1. The maximum atomic E-state index is 13.5. The highest BCUT2D eigenvalue weighted by atomic mass is 79.9. The minimum atomic E-state index is -0.271. The second-order valence-corrected chi connectivity index (χ2v) is 6.01. The molecule has 0 fully saturated rings. The second-order valence-electron chi connectivity index (χ2n) is 4.04. The predicted molar refractivity (Wildman–Crippen MR) is 80.2 cm³/mol. The van der Waals surface area contributed by atoms with E-state index in [9.17, 15) is 9.18 Å². The Bertz CT molecular complexity index is 627. The third kappa shape index (κ3) is 3.33. The van der Waals surface area contributed by atoms with Crippen molar-refractivity contribution in [2.45, 2.75) is 13.5 Å². The van der Waals surface area contributed by atoms with Gasteiger partial charge in [0.1, 0.15) is 5.82 Å². The topological polar surface area (TPSA) is 55.1 Å². The highest BCUT2D eigenvalue weighted by Gasteiger charge is 2.10. The van der Waals surface area contributed by atoms with Gasteiger partial charge in [-0.25, -0.2) is 4.39 Å². The Morgan fingerprint density at radius 1 is 1.47 bits per heavy atom. The maximum Gasteiger partial charge on any atom is 0.171 e. The van der Waals surface area contributed by atoms with Crippen molar-refractivity contribution in [3.8, 4) is 0 Å². The van der Waals surface area contributed by atoms with Crippen LogP contribution in [0.25, 0.3) is 0 Å². The fourth-order valence-corrected chi connectivity index (χ4v) is 2.91. The summed E-state index contributed by atoms with van der Waals surface area (Å²) in [5.41, 5.74) is 6.73. The van der Waals surface area contributed by atoms with Crippen molar-refractivity contribution in [1.82, 2.24) is 0 Å². The Balaban J connectivity index is 2.12. The molecule has 3 nitrogen and oxygen atoms in total. The molecule has 0 amide bonds. The molecule has 3 N–H and O–H groups in total. The van der Waals surface area contributed by atoms with Gasteiger partial charge in [0, 0.05) is 23.5 Å². The number of nitrogens with one attached hydrogen (secondary N) is 1. The number of benzene rings is 1. The Kier molecular flexibility index (Phi) is 4.21. The molecule has 0 aliphatic rings. The monoisotopic (exact) mass is 342 g/mol. The number of Topliss-reactive ketones (excluding diaryl/α,β-unsaturated/α-hetero) is 1. The van der Waals surface area contributed by atoms with Gasteiger partial charge in [-0.15, -0.1) is 11.3 Å². The Morgan fingerprint density at radius 2 is 2.21 bits per heavy atom. The van der Waals surface area contributed by atoms with Crippen LogP contribution in [0.4, 0.5) is 15.1 Å². The van der Waals surface area contributed by atoms with Crippen molar-refractivity contribution in [3.05, 3.63) is 45.0 Å². The maximum absolute atomic E-state index is 13.5. The first-order chi connectivity index (χ1) is 8.97. The average Bonchev–Trinajstić information content (AvgIpc) is 2.72. The number of anilines is 2. The summed E-state index contributed by atoms with van der Waals surface area (Å²) in [6.07, 6.45) is 0. The molecular formula is C13H12BrFN2OS. The average molecular weight is 343 g/mol. The minimum Gasteiger partial charge on any atom is -0.397 e. The molecule has 0 aliphatic carbocycles. The van der Waals surface area contributed by atoms with Gasteiger partial charge in [-0.2, -0.15) is 0 Å². The molecule has 0 radical (unpaired) electrons. The fourth-order valence-electron chi connectivity index (χ4n) is 1.63. The van der Waals surface area contributed by atoms with Crippen molar-refractivity contribution in [1.29, 1.82) is 0 Å². The first-order valence-electron chi connectivity index (χ1n) is 5.55. The molecule has 0 unspecified atom stereocenters. The van der Waals surface area contributed by atoms with Crippen LogP contribution in [0.3, 0.4) is 0 Å². The van der Waals surface area contributed by atoms with Crippen LogP contribution < -0.4 is 11.1 Å². The summed E-state index contributed by atoms with van der Waals surface area (Å²) in [5.74, 6) is -0.337. The molecule has 1 heterocycles. The number of hydrogen-bond donors (Lipinski definition) is 2. The van der Waals surface area contributed by atoms with Crippen LogP contribution in [0.1, 0.15) is 22.2 Å². The minimum absolute atomic E-state index is 0.0656. The SMILES string of the molecule is CC(=O)c1sc(NCc2cc(Br)ccc2F)cc1N. The van der Waals surface area contributed by atoms with E-state index in [-0.39, 0.29) is 11.6 Å². The van der Waals surface area contributed by atoms with E-state index >= 15 is 0 Å². The van der Waals surface area contributed by atoms with E-state index < -0.39 is 0 Å². The lowest BCUT2D eigenvalue weighted by Crippen LogP contribution is -2.00. The van der Waals surface area contributed by atoms with Gasteiger partial charge in [-0.3, -0.25) is 4.79 Å². The molecule has 6 heteroatoms. The highest BCUT2D eigenvalue weighted by Crippen LogP contribution is 2.30. The van der Waals surface area contributed by atoms with E-state index in [0.717, 1.165) is 9.47 Å². The molecular weight excluding hydrogens is 331 g/mol. The summed E-state index contributed by atoms with van der Waals surface area (Å²) < 4.78 is 14.4. The zero-order valence-electron chi connectivity index (χ0n) is 10.2. The summed E-state index contributed by atoms with van der Waals surface area (Å²) in [5, 5.41) is 3.82. The number of carbonyl (C=O) groups excluding carboxylic acids is 1. The molecule has 0 atom stereocenters. The van der Waals surface area contributed by atoms with Gasteiger partial charge < -0.3 is 11.1 Å². The van der Waals surface area contributed by atoms with Gasteiger partial charge in [0.2, 0.25) is 0 Å². The first-order valence-corrected chi connectivity index (χ1v) is 7.16. The van der Waals surface area contributed by atoms with E-state index in [1.54, 1.807) is 18.2 Å². The van der Waals surface area contributed by atoms with Crippen LogP contribution in [0.2, 0.25) is 0 Å². The fraction of sp³-hybridized carbons (Fsp3) is 0.154. The van der Waals surface area contributed by atoms with Gasteiger partial charge >= 0.3 is 0 Å². The summed E-state index contributed by atoms with van der Waals surface area (Å²) in [4.78, 5) is 11.8. The molecule has 0 saturated carbocycles. The van der Waals surface area contributed by atoms with E-state index in [2.05, 4.69) is 21.2 Å². The van der Waals surface area contributed by atoms with Crippen molar-refractivity contribution < 1.29 is 9.18 Å². The lowest BCUT2D eigenvalue weighted by atomic mass is 10.2. The van der Waals surface area contributed by atoms with Crippen LogP contribution >= 0.6 is 27.3 Å². The first kappa shape index (κ1) is 14.0. The van der Waals surface area contributed by atoms with E-state index in [1.807, 2.05) is 0 Å². The number of rotatable bonds is 4. The van der Waals surface area contributed by atoms with Crippen LogP contribution in [0.15, 0.2) is 28.7 Å². The number of thiophene rings is 1. The van der Waals surface area contributed by atoms with Crippen LogP contribution in [0.5, 0.6) is 0 Å². The quantitative estimate of drug-likeness (QED) is 0.824. The van der Waals surface area contributed by atoms with E-state index in [1.165, 1.54) is 24.3 Å². The summed E-state index contributed by atoms with van der Waals surface area (Å²) >= 11 is 4.58. The van der Waals surface area contributed by atoms with Crippen LogP contribution in [-0.2, 0) is 6.54 Å². The molecule has 0 saturated heterocycles. The number of carbonyl (C=O) groups is 1. The largest absolute Gasteiger partial charge is 0.397 e. The predicted octanol–water partition coefficient (Wildman–Crippen LogP) is 4.05. The molecule has 2 aromatic rings. The molecule has 0 bridgehead atoms. The summed E-state index contributed by atoms with van der Waals surface area (Å²) in [7, 11) is 0. The van der Waals surface area contributed by atoms with Gasteiger partial charge in [0.05, 0.1) is 15.6 Å². The molecule has 100 valence electrons. The van der Waals surface area contributed by atoms with Crippen LogP contribution in [-0.4, -0.2) is 5.78 Å². The highest BCUT2D eigenvalue weighted by molar-refractivity contribution is 9.10. The van der Waals surface area contributed by atoms with Gasteiger partial charge in [0.25, 0.3) is 0 Å². The third-order valence-corrected chi connectivity index (χ3v) is 4.24. The van der Waals surface area contributed by atoms with Gasteiger partial charge in [0.15, 0.2) is 5.78 Å². The lowest BCUT2D eigenvalue weighted by molar-refractivity contribution is 0.102. The van der Waals surface area contributed by atoms with Crippen molar-refractivity contribution in [2.24, 2.45) is 0 Å². The smallest absolute Gasteiger partial charge is 0.171 e. The zero-order valence-corrected chi connectivity index (χ0v) is 12.6. The molecule has 1 aromatic carbocycles.